The zero-order chi connectivity index (χ0) is 20.2. The molecule has 4 aliphatic heterocycles. The lowest BCUT2D eigenvalue weighted by Crippen LogP contribution is -2.70. The lowest BCUT2D eigenvalue weighted by Gasteiger charge is -2.58. The van der Waals surface area contributed by atoms with E-state index < -0.39 is 17.7 Å². The Morgan fingerprint density at radius 3 is 2.63 bits per heavy atom. The standard InChI is InChI=1S/C23H30O6.ClH/c1-14-6-11-19-17(5-3-4-15-7-9-16(24)10-8-15)20(25)26-21-23(19)18(14)12-13-22(2,27-21)28-29-23;/h7-10,14,17-19,21,24H,3-6,11-13H2,1-2H3;1H/t14-,17-,18+,19+,21-,22+,23-;/m1./s1. The maximum Gasteiger partial charge on any atom is 0.311 e. The number of phenolic OH excluding ortho intramolecular Hbond substituents is 1. The number of esters is 1. The number of aromatic hydroxyl groups is 1. The minimum absolute atomic E-state index is 0. The van der Waals surface area contributed by atoms with Crippen molar-refractivity contribution in [3.05, 3.63) is 29.8 Å². The van der Waals surface area contributed by atoms with Crippen molar-refractivity contribution < 1.29 is 29.1 Å². The third-order valence-corrected chi connectivity index (χ3v) is 7.70. The summed E-state index contributed by atoms with van der Waals surface area (Å²) in [6.07, 6.45) is 5.53. The first-order valence-electron chi connectivity index (χ1n) is 10.9. The quantitative estimate of drug-likeness (QED) is 0.550. The molecule has 1 aliphatic carbocycles. The third-order valence-electron chi connectivity index (χ3n) is 7.70. The lowest BCUT2D eigenvalue weighted by atomic mass is 9.57. The van der Waals surface area contributed by atoms with Gasteiger partial charge in [0, 0.05) is 18.3 Å². The van der Waals surface area contributed by atoms with Crippen molar-refractivity contribution in [3.8, 4) is 5.75 Å². The van der Waals surface area contributed by atoms with Gasteiger partial charge in [0.2, 0.25) is 12.1 Å². The second-order valence-electron chi connectivity index (χ2n) is 9.51. The molecule has 7 atom stereocenters. The van der Waals surface area contributed by atoms with Crippen molar-refractivity contribution >= 4 is 18.4 Å². The largest absolute Gasteiger partial charge is 0.508 e. The number of benzene rings is 1. The minimum Gasteiger partial charge on any atom is -0.508 e. The number of carbonyl (C=O) groups is 1. The molecule has 6 rings (SSSR count). The molecular formula is C23H31ClO6. The van der Waals surface area contributed by atoms with Gasteiger partial charge in [0.1, 0.15) is 5.75 Å². The zero-order valence-electron chi connectivity index (χ0n) is 17.5. The summed E-state index contributed by atoms with van der Waals surface area (Å²) < 4.78 is 12.0. The Bertz CT molecular complexity index is 784. The Labute approximate surface area is 183 Å². The van der Waals surface area contributed by atoms with Crippen LogP contribution in [0, 0.1) is 23.7 Å². The van der Waals surface area contributed by atoms with Gasteiger partial charge in [-0.25, -0.2) is 9.78 Å². The minimum atomic E-state index is -0.844. The summed E-state index contributed by atoms with van der Waals surface area (Å²) >= 11 is 0. The Hall–Kier alpha value is -1.34. The second-order valence-corrected chi connectivity index (χ2v) is 9.51. The molecule has 2 bridgehead atoms. The number of ether oxygens (including phenoxy) is 2. The third kappa shape index (κ3) is 3.42. The summed E-state index contributed by atoms with van der Waals surface area (Å²) in [6.45, 7) is 4.14. The fraction of sp³-hybridized carbons (Fsp3) is 0.696. The van der Waals surface area contributed by atoms with Crippen LogP contribution in [0.25, 0.3) is 0 Å². The molecule has 0 unspecified atom stereocenters. The molecule has 5 fully saturated rings. The van der Waals surface area contributed by atoms with Crippen molar-refractivity contribution in [1.29, 1.82) is 0 Å². The first-order valence-corrected chi connectivity index (χ1v) is 10.9. The Morgan fingerprint density at radius 2 is 1.87 bits per heavy atom. The van der Waals surface area contributed by atoms with Gasteiger partial charge in [0.15, 0.2) is 5.60 Å². The van der Waals surface area contributed by atoms with Crippen LogP contribution in [0.4, 0.5) is 0 Å². The van der Waals surface area contributed by atoms with Crippen molar-refractivity contribution in [2.24, 2.45) is 23.7 Å². The van der Waals surface area contributed by atoms with E-state index in [4.69, 9.17) is 19.2 Å². The van der Waals surface area contributed by atoms with Gasteiger partial charge in [-0.3, -0.25) is 4.79 Å². The van der Waals surface area contributed by atoms with Crippen LogP contribution < -0.4 is 0 Å². The highest BCUT2D eigenvalue weighted by atomic mass is 35.5. The van der Waals surface area contributed by atoms with Gasteiger partial charge >= 0.3 is 5.97 Å². The Morgan fingerprint density at radius 1 is 1.10 bits per heavy atom. The molecule has 4 heterocycles. The summed E-state index contributed by atoms with van der Waals surface area (Å²) in [7, 11) is 0. The highest BCUT2D eigenvalue weighted by Gasteiger charge is 2.70. The smallest absolute Gasteiger partial charge is 0.311 e. The summed E-state index contributed by atoms with van der Waals surface area (Å²) in [5.74, 6) is -0.135. The number of fused-ring (bicyclic) bond motifs is 2. The normalized spacial score (nSPS) is 41.9. The van der Waals surface area contributed by atoms with Crippen LogP contribution in [0.2, 0.25) is 0 Å². The number of hydrogen-bond acceptors (Lipinski definition) is 6. The molecule has 0 radical (unpaired) electrons. The van der Waals surface area contributed by atoms with Crippen molar-refractivity contribution in [1.82, 2.24) is 0 Å². The number of carbonyl (C=O) groups excluding carboxylic acids is 1. The van der Waals surface area contributed by atoms with Gasteiger partial charge in [-0.15, -0.1) is 12.4 Å². The molecule has 5 aliphatic rings. The monoisotopic (exact) mass is 438 g/mol. The van der Waals surface area contributed by atoms with Crippen LogP contribution in [0.3, 0.4) is 0 Å². The van der Waals surface area contributed by atoms with E-state index >= 15 is 0 Å². The number of phenols is 1. The van der Waals surface area contributed by atoms with E-state index in [0.717, 1.165) is 50.5 Å². The predicted molar refractivity (Wildman–Crippen MR) is 111 cm³/mol. The highest BCUT2D eigenvalue weighted by Crippen LogP contribution is 2.60. The molecule has 30 heavy (non-hydrogen) atoms. The van der Waals surface area contributed by atoms with Crippen LogP contribution in [0.1, 0.15) is 57.9 Å². The summed E-state index contributed by atoms with van der Waals surface area (Å²) in [5, 5.41) is 9.45. The van der Waals surface area contributed by atoms with Gasteiger partial charge < -0.3 is 14.6 Å². The fourth-order valence-corrected chi connectivity index (χ4v) is 6.12. The molecule has 7 heteroatoms. The van der Waals surface area contributed by atoms with E-state index in [1.807, 2.05) is 19.1 Å². The second kappa shape index (κ2) is 7.97. The number of hydrogen-bond donors (Lipinski definition) is 1. The molecular weight excluding hydrogens is 408 g/mol. The predicted octanol–water partition coefficient (Wildman–Crippen LogP) is 4.53. The SMILES string of the molecule is C[C@@H]1CC[C@H]2[C@@H](CCCc3ccc(O)cc3)C(=O)O[C@@H]3O[C@]4(C)CC[C@@H]1[C@]32OO4.Cl. The van der Waals surface area contributed by atoms with Crippen molar-refractivity contribution in [3.63, 3.8) is 0 Å². The number of aryl methyl sites for hydroxylation is 1. The first kappa shape index (κ1) is 21.9. The molecule has 1 aromatic carbocycles. The van der Waals surface area contributed by atoms with Gasteiger partial charge in [0.25, 0.3) is 0 Å². The Balaban J connectivity index is 0.00000218. The summed E-state index contributed by atoms with van der Waals surface area (Å²) in [5.41, 5.74) is 0.467. The molecule has 1 N–H and O–H groups in total. The van der Waals surface area contributed by atoms with Gasteiger partial charge in [-0.2, -0.15) is 0 Å². The van der Waals surface area contributed by atoms with Crippen LogP contribution in [-0.2, 0) is 30.5 Å². The maximum absolute atomic E-state index is 13.0. The van der Waals surface area contributed by atoms with E-state index in [1.165, 1.54) is 0 Å². The van der Waals surface area contributed by atoms with E-state index in [0.29, 0.717) is 5.92 Å². The number of rotatable bonds is 4. The molecule has 166 valence electrons. The maximum atomic E-state index is 13.0. The van der Waals surface area contributed by atoms with E-state index in [1.54, 1.807) is 12.1 Å². The van der Waals surface area contributed by atoms with E-state index in [9.17, 15) is 9.90 Å². The van der Waals surface area contributed by atoms with E-state index in [2.05, 4.69) is 6.92 Å². The molecule has 0 aromatic heterocycles. The summed E-state index contributed by atoms with van der Waals surface area (Å²) in [6, 6.07) is 7.27. The lowest BCUT2D eigenvalue weighted by molar-refractivity contribution is -0.559. The van der Waals surface area contributed by atoms with Crippen molar-refractivity contribution in [2.45, 2.75) is 76.5 Å². The topological polar surface area (TPSA) is 74.2 Å². The van der Waals surface area contributed by atoms with Gasteiger partial charge in [0.05, 0.1) is 5.92 Å². The molecule has 1 spiro atoms. The molecule has 1 saturated carbocycles. The van der Waals surface area contributed by atoms with Gasteiger partial charge in [-0.05, 0) is 69.1 Å². The first-order chi connectivity index (χ1) is 13.9. The zero-order valence-corrected chi connectivity index (χ0v) is 18.4. The van der Waals surface area contributed by atoms with E-state index in [-0.39, 0.29) is 41.9 Å². The molecule has 6 nitrogen and oxygen atoms in total. The average molecular weight is 439 g/mol. The van der Waals surface area contributed by atoms with Crippen LogP contribution in [0.5, 0.6) is 5.75 Å². The van der Waals surface area contributed by atoms with Gasteiger partial charge in [-0.1, -0.05) is 19.1 Å². The van der Waals surface area contributed by atoms with Crippen molar-refractivity contribution in [2.75, 3.05) is 0 Å². The van der Waals surface area contributed by atoms with Crippen LogP contribution in [0.15, 0.2) is 24.3 Å². The average Bonchev–Trinajstić information content (AvgIpc) is 2.92. The fourth-order valence-electron chi connectivity index (χ4n) is 6.12. The molecule has 1 aromatic rings. The molecule has 4 saturated heterocycles. The number of halogens is 1. The Kier molecular flexibility index (Phi) is 5.81. The molecule has 0 amide bonds. The van der Waals surface area contributed by atoms with Crippen LogP contribution in [-0.4, -0.2) is 28.8 Å². The van der Waals surface area contributed by atoms with Crippen LogP contribution >= 0.6 is 12.4 Å². The highest BCUT2D eigenvalue weighted by molar-refractivity contribution is 5.85. The summed E-state index contributed by atoms with van der Waals surface area (Å²) in [4.78, 5) is 24.9.